The van der Waals surface area contributed by atoms with Crippen LogP contribution in [0.2, 0.25) is 0 Å². The number of hydrogen-bond acceptors (Lipinski definition) is 1. The molecular formula is C14H17BrO. The van der Waals surface area contributed by atoms with E-state index in [9.17, 15) is 0 Å². The van der Waals surface area contributed by atoms with E-state index in [2.05, 4.69) is 42.1 Å². The summed E-state index contributed by atoms with van der Waals surface area (Å²) in [4.78, 5) is 0.510. The lowest BCUT2D eigenvalue weighted by Gasteiger charge is -1.98. The minimum Gasteiger partial charge on any atom is -0.461 e. The maximum Gasteiger partial charge on any atom is 0.134 e. The van der Waals surface area contributed by atoms with Crippen LogP contribution in [0.15, 0.2) is 35.8 Å². The Morgan fingerprint density at radius 3 is 2.62 bits per heavy atom. The van der Waals surface area contributed by atoms with Gasteiger partial charge in [0.25, 0.3) is 0 Å². The summed E-state index contributed by atoms with van der Waals surface area (Å²) in [5.41, 5.74) is 0.854. The van der Waals surface area contributed by atoms with E-state index in [-0.39, 0.29) is 0 Å². The Balaban J connectivity index is 3.02. The fourth-order valence-corrected chi connectivity index (χ4v) is 1.66. The number of furan rings is 1. The van der Waals surface area contributed by atoms with Gasteiger partial charge in [0.15, 0.2) is 0 Å². The van der Waals surface area contributed by atoms with Gasteiger partial charge in [0.05, 0.1) is 0 Å². The van der Waals surface area contributed by atoms with Crippen LogP contribution in [0, 0.1) is 0 Å². The number of hydrogen-bond donors (Lipinski definition) is 0. The van der Waals surface area contributed by atoms with E-state index >= 15 is 0 Å². The van der Waals surface area contributed by atoms with E-state index in [1.807, 2.05) is 12.2 Å². The molecule has 0 radical (unpaired) electrons. The first-order chi connectivity index (χ1) is 7.67. The second-order valence-electron chi connectivity index (χ2n) is 3.66. The molecule has 0 aromatic carbocycles. The Morgan fingerprint density at radius 2 is 2.06 bits per heavy atom. The Bertz CT molecular complexity index is 428. The molecule has 0 bridgehead atoms. The fraction of sp³-hybridized carbons (Fsp3) is 0.286. The topological polar surface area (TPSA) is 13.1 Å². The molecule has 0 N–H and O–H groups in total. The molecule has 0 aliphatic rings. The van der Waals surface area contributed by atoms with Crippen molar-refractivity contribution >= 4 is 28.1 Å². The third kappa shape index (κ3) is 3.86. The average Bonchev–Trinajstić information content (AvgIpc) is 2.59. The summed E-state index contributed by atoms with van der Waals surface area (Å²) in [6.45, 7) is 9.51. The summed E-state index contributed by atoms with van der Waals surface area (Å²) in [5.74, 6) is 1.01. The molecule has 1 aromatic rings. The molecule has 2 heteroatoms. The Labute approximate surface area is 105 Å². The molecule has 0 spiro atoms. The van der Waals surface area contributed by atoms with Gasteiger partial charge in [-0.1, -0.05) is 54.2 Å². The van der Waals surface area contributed by atoms with Crippen molar-refractivity contribution in [1.29, 1.82) is 0 Å². The lowest BCUT2D eigenvalue weighted by atomic mass is 10.2. The fourth-order valence-electron chi connectivity index (χ4n) is 1.43. The molecule has 0 aliphatic heterocycles. The number of allylic oxidation sites excluding steroid dienone is 2. The summed E-state index contributed by atoms with van der Waals surface area (Å²) in [6.07, 6.45) is 9.32. The van der Waals surface area contributed by atoms with Gasteiger partial charge in [-0.15, -0.1) is 0 Å². The zero-order valence-corrected chi connectivity index (χ0v) is 11.2. The molecule has 0 fully saturated rings. The standard InChI is InChI=1S/C14H17BrO/c1-4-6-12-10-13(9-8-11(3)15)16-14(12)7-5-2/h4-7,10-11H,1-2,8-9H2,3H3/b12-6-,14-7+. The molecule has 0 saturated carbocycles. The van der Waals surface area contributed by atoms with Gasteiger partial charge in [0.1, 0.15) is 11.2 Å². The van der Waals surface area contributed by atoms with E-state index in [0.717, 1.165) is 29.2 Å². The van der Waals surface area contributed by atoms with Crippen molar-refractivity contribution in [2.45, 2.75) is 24.6 Å². The predicted octanol–water partition coefficient (Wildman–Crippen LogP) is 2.93. The van der Waals surface area contributed by atoms with E-state index in [1.165, 1.54) is 0 Å². The smallest absolute Gasteiger partial charge is 0.134 e. The van der Waals surface area contributed by atoms with Crippen LogP contribution >= 0.6 is 15.9 Å². The minimum absolute atomic E-state index is 0.510. The highest BCUT2D eigenvalue weighted by Gasteiger charge is 2.02. The highest BCUT2D eigenvalue weighted by molar-refractivity contribution is 9.09. The Hall–Kier alpha value is -1.02. The molecule has 1 atom stereocenters. The number of rotatable bonds is 5. The quantitative estimate of drug-likeness (QED) is 0.756. The van der Waals surface area contributed by atoms with Crippen LogP contribution in [-0.4, -0.2) is 4.83 Å². The first-order valence-electron chi connectivity index (χ1n) is 5.35. The van der Waals surface area contributed by atoms with Gasteiger partial charge in [-0.2, -0.15) is 0 Å². The monoisotopic (exact) mass is 280 g/mol. The van der Waals surface area contributed by atoms with Gasteiger partial charge in [0.2, 0.25) is 0 Å². The molecule has 1 nitrogen and oxygen atoms in total. The average molecular weight is 281 g/mol. The number of alkyl halides is 1. The van der Waals surface area contributed by atoms with Gasteiger partial charge in [0, 0.05) is 16.5 Å². The molecule has 1 rings (SSSR count). The number of halogens is 1. The van der Waals surface area contributed by atoms with Crippen molar-refractivity contribution in [3.8, 4) is 0 Å². The second kappa shape index (κ2) is 6.54. The van der Waals surface area contributed by atoms with E-state index in [4.69, 9.17) is 4.42 Å². The molecule has 0 amide bonds. The van der Waals surface area contributed by atoms with Gasteiger partial charge >= 0.3 is 0 Å². The van der Waals surface area contributed by atoms with E-state index in [1.54, 1.807) is 12.2 Å². The molecule has 16 heavy (non-hydrogen) atoms. The van der Waals surface area contributed by atoms with Crippen molar-refractivity contribution < 1.29 is 4.42 Å². The molecule has 0 aliphatic carbocycles. The first kappa shape index (κ1) is 13.0. The summed E-state index contributed by atoms with van der Waals surface area (Å²) >= 11 is 3.53. The lowest BCUT2D eigenvalue weighted by Crippen LogP contribution is -2.17. The summed E-state index contributed by atoms with van der Waals surface area (Å²) in [6, 6.07) is 2.06. The SMILES string of the molecule is C=C/C=c1/cc(CCC(C)Br)o/c1=C/C=C. The molecule has 86 valence electrons. The first-order valence-corrected chi connectivity index (χ1v) is 6.27. The molecular weight excluding hydrogens is 264 g/mol. The third-order valence-electron chi connectivity index (χ3n) is 2.20. The molecule has 0 saturated heterocycles. The van der Waals surface area contributed by atoms with Crippen molar-refractivity contribution in [3.63, 3.8) is 0 Å². The maximum absolute atomic E-state index is 5.73. The van der Waals surface area contributed by atoms with E-state index in [0.29, 0.717) is 4.83 Å². The van der Waals surface area contributed by atoms with Crippen molar-refractivity contribution in [2.75, 3.05) is 0 Å². The second-order valence-corrected chi connectivity index (χ2v) is 5.22. The van der Waals surface area contributed by atoms with Gasteiger partial charge in [-0.25, -0.2) is 0 Å². The molecule has 1 aromatic heterocycles. The van der Waals surface area contributed by atoms with Crippen LogP contribution in [0.3, 0.4) is 0 Å². The zero-order chi connectivity index (χ0) is 12.0. The third-order valence-corrected chi connectivity index (χ3v) is 2.66. The van der Waals surface area contributed by atoms with Gasteiger partial charge in [-0.3, -0.25) is 0 Å². The zero-order valence-electron chi connectivity index (χ0n) is 9.58. The van der Waals surface area contributed by atoms with E-state index < -0.39 is 0 Å². The summed E-state index contributed by atoms with van der Waals surface area (Å²) in [7, 11) is 0. The normalized spacial score (nSPS) is 15.1. The van der Waals surface area contributed by atoms with Crippen molar-refractivity contribution in [1.82, 2.24) is 0 Å². The Kier molecular flexibility index (Phi) is 5.33. The van der Waals surface area contributed by atoms with Crippen LogP contribution < -0.4 is 10.6 Å². The largest absolute Gasteiger partial charge is 0.461 e. The van der Waals surface area contributed by atoms with Crippen LogP contribution in [0.25, 0.3) is 12.2 Å². The Morgan fingerprint density at radius 1 is 1.38 bits per heavy atom. The highest BCUT2D eigenvalue weighted by Crippen LogP contribution is 2.08. The van der Waals surface area contributed by atoms with Crippen LogP contribution in [-0.2, 0) is 6.42 Å². The predicted molar refractivity (Wildman–Crippen MR) is 74.0 cm³/mol. The van der Waals surface area contributed by atoms with Crippen molar-refractivity contribution in [3.05, 3.63) is 47.8 Å². The summed E-state index contributed by atoms with van der Waals surface area (Å²) < 4.78 is 5.73. The molecule has 1 unspecified atom stereocenters. The van der Waals surface area contributed by atoms with Crippen molar-refractivity contribution in [2.24, 2.45) is 0 Å². The van der Waals surface area contributed by atoms with Crippen LogP contribution in [0.5, 0.6) is 0 Å². The minimum atomic E-state index is 0.510. The highest BCUT2D eigenvalue weighted by atomic mass is 79.9. The van der Waals surface area contributed by atoms with Gasteiger partial charge in [-0.05, 0) is 18.6 Å². The maximum atomic E-state index is 5.73. The summed E-state index contributed by atoms with van der Waals surface area (Å²) in [5, 5.41) is 1.06. The lowest BCUT2D eigenvalue weighted by molar-refractivity contribution is 0.474. The molecule has 1 heterocycles. The number of aryl methyl sites for hydroxylation is 1. The van der Waals surface area contributed by atoms with Crippen LogP contribution in [0.1, 0.15) is 19.1 Å². The van der Waals surface area contributed by atoms with Gasteiger partial charge < -0.3 is 4.42 Å². The van der Waals surface area contributed by atoms with Crippen LogP contribution in [0.4, 0.5) is 0 Å².